The molecule has 9 nitrogen and oxygen atoms in total. The van der Waals surface area contributed by atoms with Crippen LogP contribution in [0.2, 0.25) is 0 Å². The predicted molar refractivity (Wildman–Crippen MR) is 179 cm³/mol. The van der Waals surface area contributed by atoms with Gasteiger partial charge < -0.3 is 22.1 Å². The average Bonchev–Trinajstić information content (AvgIpc) is 3.33. The number of allylic oxidation sites excluding steroid dienone is 9. The number of carbonyl (C=O) groups excluding carboxylic acids is 1. The van der Waals surface area contributed by atoms with Gasteiger partial charge >= 0.3 is 0 Å². The van der Waals surface area contributed by atoms with Crippen LogP contribution < -0.4 is 27.7 Å². The van der Waals surface area contributed by atoms with Crippen molar-refractivity contribution in [1.82, 2.24) is 14.9 Å². The summed E-state index contributed by atoms with van der Waals surface area (Å²) < 4.78 is 1.45. The highest BCUT2D eigenvalue weighted by atomic mass is 16.2. The maximum absolute atomic E-state index is 13.6. The Morgan fingerprint density at radius 1 is 1.16 bits per heavy atom. The third-order valence-electron chi connectivity index (χ3n) is 7.25. The number of hydrogen-bond donors (Lipinski definition) is 5. The number of aryl methyl sites for hydroxylation is 1. The van der Waals surface area contributed by atoms with Crippen molar-refractivity contribution in [3.63, 3.8) is 0 Å². The zero-order valence-corrected chi connectivity index (χ0v) is 25.6. The minimum atomic E-state index is -0.384. The van der Waals surface area contributed by atoms with Crippen molar-refractivity contribution in [2.24, 2.45) is 11.5 Å². The number of amidine groups is 1. The summed E-state index contributed by atoms with van der Waals surface area (Å²) in [5.41, 5.74) is 18.5. The number of rotatable bonds is 11. The Labute approximate surface area is 258 Å². The van der Waals surface area contributed by atoms with Crippen molar-refractivity contribution in [2.45, 2.75) is 52.6 Å². The smallest absolute Gasteiger partial charge is 0.294 e. The fraction of sp³-hybridized carbons (Fsp3) is 0.257. The molecule has 0 aliphatic heterocycles. The van der Waals surface area contributed by atoms with Gasteiger partial charge in [-0.25, -0.2) is 4.98 Å². The Hall–Kier alpha value is -5.18. The molecule has 1 amide bonds. The first kappa shape index (κ1) is 31.7. The van der Waals surface area contributed by atoms with E-state index in [0.717, 1.165) is 23.1 Å². The second-order valence-electron chi connectivity index (χ2n) is 11.1. The van der Waals surface area contributed by atoms with Gasteiger partial charge in [-0.2, -0.15) is 0 Å². The summed E-state index contributed by atoms with van der Waals surface area (Å²) in [6.07, 6.45) is 20.9. The molecule has 0 saturated carbocycles. The van der Waals surface area contributed by atoms with E-state index in [1.807, 2.05) is 56.4 Å². The van der Waals surface area contributed by atoms with E-state index in [-0.39, 0.29) is 42.3 Å². The monoisotopic (exact) mass is 591 g/mol. The van der Waals surface area contributed by atoms with E-state index in [2.05, 4.69) is 52.9 Å². The van der Waals surface area contributed by atoms with E-state index in [4.69, 9.17) is 16.9 Å². The van der Waals surface area contributed by atoms with Crippen molar-refractivity contribution >= 4 is 23.1 Å². The average molecular weight is 592 g/mol. The normalized spacial score (nSPS) is 15.0. The number of nitrogens with zero attached hydrogens (tertiary/aromatic N) is 2. The van der Waals surface area contributed by atoms with Crippen LogP contribution in [0.25, 0.3) is 5.57 Å². The number of benzene rings is 1. The van der Waals surface area contributed by atoms with Gasteiger partial charge in [-0.1, -0.05) is 66.8 Å². The van der Waals surface area contributed by atoms with Crippen molar-refractivity contribution in [3.8, 4) is 0 Å². The summed E-state index contributed by atoms with van der Waals surface area (Å²) in [4.78, 5) is 31.2. The largest absolute Gasteiger partial charge is 0.399 e. The van der Waals surface area contributed by atoms with Crippen LogP contribution >= 0.6 is 0 Å². The van der Waals surface area contributed by atoms with E-state index in [9.17, 15) is 9.59 Å². The van der Waals surface area contributed by atoms with E-state index >= 15 is 0 Å². The number of amides is 1. The van der Waals surface area contributed by atoms with Gasteiger partial charge in [0.2, 0.25) is 5.91 Å². The molecule has 0 unspecified atom stereocenters. The van der Waals surface area contributed by atoms with Gasteiger partial charge in [0.05, 0.1) is 11.9 Å². The van der Waals surface area contributed by atoms with Gasteiger partial charge in [0, 0.05) is 23.9 Å². The van der Waals surface area contributed by atoms with Gasteiger partial charge in [-0.15, -0.1) is 0 Å². The minimum absolute atomic E-state index is 0.00102. The fourth-order valence-electron chi connectivity index (χ4n) is 4.91. The van der Waals surface area contributed by atoms with Crippen molar-refractivity contribution in [2.75, 3.05) is 11.9 Å². The number of anilines is 1. The van der Waals surface area contributed by atoms with E-state index in [0.29, 0.717) is 29.8 Å². The SMILES string of the molecule is Cc1ccccc1C/C=C/C1=CCC(c2cnc(NC(C)C)c(=O)n2CC(=O)NCC2=CCC=C(C(=N)N)C=C2)=CC(N)=C1. The zero-order valence-electron chi connectivity index (χ0n) is 25.6. The van der Waals surface area contributed by atoms with Crippen molar-refractivity contribution < 1.29 is 4.79 Å². The topological polar surface area (TPSA) is 152 Å². The van der Waals surface area contributed by atoms with Crippen LogP contribution in [0.5, 0.6) is 0 Å². The zero-order chi connectivity index (χ0) is 31.6. The molecule has 44 heavy (non-hydrogen) atoms. The summed E-state index contributed by atoms with van der Waals surface area (Å²) in [6, 6.07) is 8.29. The molecule has 0 radical (unpaired) electrons. The number of nitrogens with two attached hydrogens (primary N) is 2. The molecule has 0 saturated heterocycles. The van der Waals surface area contributed by atoms with Crippen LogP contribution in [0, 0.1) is 12.3 Å². The summed E-state index contributed by atoms with van der Waals surface area (Å²) >= 11 is 0. The van der Waals surface area contributed by atoms with Gasteiger partial charge in [0.25, 0.3) is 5.56 Å². The summed E-state index contributed by atoms with van der Waals surface area (Å²) in [6.45, 7) is 6.03. The van der Waals surface area contributed by atoms with Crippen LogP contribution in [0.3, 0.4) is 0 Å². The molecule has 2 aliphatic carbocycles. The first-order valence-electron chi connectivity index (χ1n) is 14.7. The van der Waals surface area contributed by atoms with E-state index < -0.39 is 0 Å². The van der Waals surface area contributed by atoms with Crippen LogP contribution in [-0.4, -0.2) is 33.9 Å². The molecule has 0 spiro atoms. The molecule has 0 bridgehead atoms. The number of hydrogen-bond acceptors (Lipinski definition) is 6. The second kappa shape index (κ2) is 14.8. The molecule has 0 fully saturated rings. The number of aromatic nitrogens is 2. The van der Waals surface area contributed by atoms with Gasteiger partial charge in [-0.3, -0.25) is 19.6 Å². The first-order chi connectivity index (χ1) is 21.1. The molecule has 9 heteroatoms. The maximum Gasteiger partial charge on any atom is 0.294 e. The van der Waals surface area contributed by atoms with Gasteiger partial charge in [0.1, 0.15) is 12.4 Å². The summed E-state index contributed by atoms with van der Waals surface area (Å²) in [5.74, 6) is -0.137. The van der Waals surface area contributed by atoms with Crippen LogP contribution in [0.4, 0.5) is 5.82 Å². The summed E-state index contributed by atoms with van der Waals surface area (Å²) in [7, 11) is 0. The quantitative estimate of drug-likeness (QED) is 0.190. The highest BCUT2D eigenvalue weighted by Crippen LogP contribution is 2.24. The standard InChI is InChI=1S/C35H41N7O2/c1-23(2)41-34-35(44)42(22-32(43)39-20-26-10-7-13-28(16-15-26)33(37)38)31(21-40-34)29-17-14-25(18-30(36)19-29)9-6-12-27-11-5-4-8-24(27)3/h4-6,8-11,13-16,18-19,21,23H,7,12,17,20,22,36H2,1-3H3,(H3,37,38)(H,39,43)(H,40,41)/b9-6+. The first-order valence-corrected chi connectivity index (χ1v) is 14.7. The second-order valence-corrected chi connectivity index (χ2v) is 11.1. The molecule has 1 heterocycles. The Balaban J connectivity index is 1.53. The molecule has 228 valence electrons. The lowest BCUT2D eigenvalue weighted by atomic mass is 10.0. The molecular weight excluding hydrogens is 550 g/mol. The highest BCUT2D eigenvalue weighted by molar-refractivity contribution is 5.97. The number of nitrogens with one attached hydrogen (secondary N) is 3. The Morgan fingerprint density at radius 3 is 2.70 bits per heavy atom. The Bertz CT molecular complexity index is 1700. The van der Waals surface area contributed by atoms with Crippen molar-refractivity contribution in [3.05, 3.63) is 135 Å². The molecule has 7 N–H and O–H groups in total. The minimum Gasteiger partial charge on any atom is -0.399 e. The highest BCUT2D eigenvalue weighted by Gasteiger charge is 2.18. The van der Waals surface area contributed by atoms with Gasteiger partial charge in [-0.05, 0) is 80.0 Å². The molecule has 1 aromatic carbocycles. The lowest BCUT2D eigenvalue weighted by molar-refractivity contribution is -0.121. The van der Waals surface area contributed by atoms with Crippen molar-refractivity contribution in [1.29, 1.82) is 5.41 Å². The molecule has 2 aliphatic rings. The van der Waals surface area contributed by atoms with Crippen LogP contribution in [-0.2, 0) is 17.8 Å². The lowest BCUT2D eigenvalue weighted by Gasteiger charge is -2.17. The molecule has 4 rings (SSSR count). The van der Waals surface area contributed by atoms with E-state index in [1.54, 1.807) is 12.3 Å². The predicted octanol–water partition coefficient (Wildman–Crippen LogP) is 4.59. The molecule has 2 aromatic rings. The maximum atomic E-state index is 13.6. The summed E-state index contributed by atoms with van der Waals surface area (Å²) in [5, 5.41) is 13.6. The molecular formula is C35H41N7O2. The van der Waals surface area contributed by atoms with Gasteiger partial charge in [0.15, 0.2) is 5.82 Å². The molecule has 1 aromatic heterocycles. The molecule has 0 atom stereocenters. The number of carbonyl (C=O) groups is 1. The fourth-order valence-corrected chi connectivity index (χ4v) is 4.91. The third-order valence-corrected chi connectivity index (χ3v) is 7.25. The Morgan fingerprint density at radius 2 is 1.95 bits per heavy atom. The van der Waals surface area contributed by atoms with E-state index in [1.165, 1.54) is 15.7 Å². The lowest BCUT2D eigenvalue weighted by Crippen LogP contribution is -2.36. The Kier molecular flexibility index (Phi) is 10.7. The van der Waals surface area contributed by atoms with Crippen LogP contribution in [0.15, 0.2) is 112 Å². The third kappa shape index (κ3) is 8.67. The van der Waals surface area contributed by atoms with Crippen LogP contribution in [0.1, 0.15) is 43.5 Å².